The first-order chi connectivity index (χ1) is 14.4. The van der Waals surface area contributed by atoms with Gasteiger partial charge in [0.25, 0.3) is 5.91 Å². The quantitative estimate of drug-likeness (QED) is 0.722. The molecule has 1 aliphatic heterocycles. The predicted molar refractivity (Wildman–Crippen MR) is 109 cm³/mol. The van der Waals surface area contributed by atoms with Crippen molar-refractivity contribution in [3.05, 3.63) is 59.4 Å². The van der Waals surface area contributed by atoms with Gasteiger partial charge in [0.1, 0.15) is 11.6 Å². The monoisotopic (exact) mass is 436 g/mol. The zero-order valence-corrected chi connectivity index (χ0v) is 17.7. The van der Waals surface area contributed by atoms with E-state index in [2.05, 4.69) is 5.32 Å². The Bertz CT molecular complexity index is 989. The fourth-order valence-electron chi connectivity index (χ4n) is 3.27. The van der Waals surface area contributed by atoms with Crippen molar-refractivity contribution in [2.75, 3.05) is 33.4 Å². The second-order valence-electron chi connectivity index (χ2n) is 6.87. The summed E-state index contributed by atoms with van der Waals surface area (Å²) in [5.74, 6) is -0.765. The number of morpholine rings is 1. The van der Waals surface area contributed by atoms with Crippen LogP contribution in [0.15, 0.2) is 47.4 Å². The molecule has 2 aromatic rings. The van der Waals surface area contributed by atoms with Crippen LogP contribution in [-0.4, -0.2) is 52.0 Å². The summed E-state index contributed by atoms with van der Waals surface area (Å²) >= 11 is 0. The van der Waals surface area contributed by atoms with E-state index in [0.29, 0.717) is 25.4 Å². The third-order valence-electron chi connectivity index (χ3n) is 5.02. The van der Waals surface area contributed by atoms with E-state index < -0.39 is 21.7 Å². The van der Waals surface area contributed by atoms with E-state index in [-0.39, 0.29) is 29.6 Å². The first-order valence-electron chi connectivity index (χ1n) is 9.69. The normalized spacial score (nSPS) is 16.1. The molecule has 1 saturated heterocycles. The van der Waals surface area contributed by atoms with Crippen LogP contribution in [0.25, 0.3) is 0 Å². The summed E-state index contributed by atoms with van der Waals surface area (Å²) in [4.78, 5) is 12.7. The maximum absolute atomic E-state index is 14.4. The molecule has 1 atom stereocenters. The maximum Gasteiger partial charge on any atom is 0.254 e. The Labute approximate surface area is 175 Å². The van der Waals surface area contributed by atoms with Gasteiger partial charge in [-0.1, -0.05) is 19.1 Å². The number of benzene rings is 2. The Kier molecular flexibility index (Phi) is 7.06. The molecule has 3 rings (SSSR count). The Morgan fingerprint density at radius 3 is 2.47 bits per heavy atom. The van der Waals surface area contributed by atoms with E-state index in [4.69, 9.17) is 9.47 Å². The van der Waals surface area contributed by atoms with E-state index in [0.717, 1.165) is 17.7 Å². The van der Waals surface area contributed by atoms with E-state index in [1.807, 2.05) is 19.1 Å². The summed E-state index contributed by atoms with van der Waals surface area (Å²) in [6.07, 6.45) is 0.575. The smallest absolute Gasteiger partial charge is 0.254 e. The Balaban J connectivity index is 1.83. The Morgan fingerprint density at radius 2 is 1.87 bits per heavy atom. The average molecular weight is 437 g/mol. The lowest BCUT2D eigenvalue weighted by Gasteiger charge is -2.26. The molecule has 0 saturated carbocycles. The van der Waals surface area contributed by atoms with Crippen LogP contribution in [-0.2, 0) is 14.8 Å². The van der Waals surface area contributed by atoms with E-state index in [1.54, 1.807) is 19.2 Å². The van der Waals surface area contributed by atoms with Crippen molar-refractivity contribution in [2.24, 2.45) is 0 Å². The van der Waals surface area contributed by atoms with Gasteiger partial charge in [-0.3, -0.25) is 4.79 Å². The van der Waals surface area contributed by atoms with E-state index >= 15 is 0 Å². The number of nitrogens with one attached hydrogen (secondary N) is 1. The standard InChI is InChI=1S/C21H25FN2O5S/c1-3-20(15-4-6-16(28-2)7-5-15)23-21(25)18-14-17(8-9-19(18)22)30(26,27)24-10-12-29-13-11-24/h4-9,14,20H,3,10-13H2,1-2H3,(H,23,25). The van der Waals surface area contributed by atoms with Crippen LogP contribution in [0.5, 0.6) is 5.75 Å². The van der Waals surface area contributed by atoms with Crippen LogP contribution in [0.3, 0.4) is 0 Å². The van der Waals surface area contributed by atoms with Gasteiger partial charge < -0.3 is 14.8 Å². The fourth-order valence-corrected chi connectivity index (χ4v) is 4.70. The molecule has 2 aromatic carbocycles. The van der Waals surface area contributed by atoms with Crippen LogP contribution in [0.1, 0.15) is 35.3 Å². The zero-order valence-electron chi connectivity index (χ0n) is 16.9. The number of sulfonamides is 1. The van der Waals surface area contributed by atoms with Crippen molar-refractivity contribution in [3.63, 3.8) is 0 Å². The van der Waals surface area contributed by atoms with Crippen LogP contribution in [0, 0.1) is 5.82 Å². The molecule has 7 nitrogen and oxygen atoms in total. The maximum atomic E-state index is 14.4. The van der Waals surface area contributed by atoms with Gasteiger partial charge in [0, 0.05) is 13.1 Å². The van der Waals surface area contributed by atoms with Crippen molar-refractivity contribution < 1.29 is 27.1 Å². The van der Waals surface area contributed by atoms with Crippen molar-refractivity contribution in [3.8, 4) is 5.75 Å². The minimum absolute atomic E-state index is 0.117. The summed E-state index contributed by atoms with van der Waals surface area (Å²) in [6.45, 7) is 2.93. The van der Waals surface area contributed by atoms with Crippen molar-refractivity contribution in [2.45, 2.75) is 24.3 Å². The number of halogens is 1. The predicted octanol–water partition coefficient (Wildman–Crippen LogP) is 2.74. The zero-order chi connectivity index (χ0) is 21.7. The van der Waals surface area contributed by atoms with Gasteiger partial charge in [-0.05, 0) is 42.3 Å². The van der Waals surface area contributed by atoms with Crippen molar-refractivity contribution in [1.82, 2.24) is 9.62 Å². The number of rotatable bonds is 7. The highest BCUT2D eigenvalue weighted by Gasteiger charge is 2.28. The lowest BCUT2D eigenvalue weighted by atomic mass is 10.0. The molecule has 162 valence electrons. The highest BCUT2D eigenvalue weighted by atomic mass is 32.2. The molecule has 1 fully saturated rings. The van der Waals surface area contributed by atoms with Gasteiger partial charge in [0.15, 0.2) is 0 Å². The summed E-state index contributed by atoms with van der Waals surface area (Å²) < 4.78 is 51.7. The molecule has 1 amide bonds. The number of carbonyl (C=O) groups is 1. The van der Waals surface area contributed by atoms with Gasteiger partial charge >= 0.3 is 0 Å². The minimum atomic E-state index is -3.84. The molecule has 1 heterocycles. The minimum Gasteiger partial charge on any atom is -0.497 e. The molecule has 0 radical (unpaired) electrons. The van der Waals surface area contributed by atoms with Crippen LogP contribution >= 0.6 is 0 Å². The highest BCUT2D eigenvalue weighted by molar-refractivity contribution is 7.89. The molecule has 1 N–H and O–H groups in total. The summed E-state index contributed by atoms with van der Waals surface area (Å²) in [7, 11) is -2.27. The first kappa shape index (κ1) is 22.2. The van der Waals surface area contributed by atoms with Gasteiger partial charge in [-0.15, -0.1) is 0 Å². The SMILES string of the molecule is CCC(NC(=O)c1cc(S(=O)(=O)N2CCOCC2)ccc1F)c1ccc(OC)cc1. The average Bonchev–Trinajstić information content (AvgIpc) is 2.78. The lowest BCUT2D eigenvalue weighted by Crippen LogP contribution is -2.40. The van der Waals surface area contributed by atoms with Crippen LogP contribution in [0.4, 0.5) is 4.39 Å². The molecule has 0 aromatic heterocycles. The van der Waals surface area contributed by atoms with Crippen molar-refractivity contribution >= 4 is 15.9 Å². The second kappa shape index (κ2) is 9.55. The molecule has 1 aliphatic rings. The molecule has 0 spiro atoms. The van der Waals surface area contributed by atoms with E-state index in [1.165, 1.54) is 10.4 Å². The summed E-state index contributed by atoms with van der Waals surface area (Å²) in [5.41, 5.74) is 0.528. The molecule has 1 unspecified atom stereocenters. The molecular formula is C21H25FN2O5S. The molecule has 0 bridgehead atoms. The summed E-state index contributed by atoms with van der Waals surface area (Å²) in [6, 6.07) is 10.1. The number of carbonyl (C=O) groups excluding carboxylic acids is 1. The highest BCUT2D eigenvalue weighted by Crippen LogP contribution is 2.23. The first-order valence-corrected chi connectivity index (χ1v) is 11.1. The number of ether oxygens (including phenoxy) is 2. The molecule has 0 aliphatic carbocycles. The molecule has 30 heavy (non-hydrogen) atoms. The number of hydrogen-bond donors (Lipinski definition) is 1. The van der Waals surface area contributed by atoms with Gasteiger partial charge in [0.2, 0.25) is 10.0 Å². The number of amides is 1. The second-order valence-corrected chi connectivity index (χ2v) is 8.80. The molecule has 9 heteroatoms. The van der Waals surface area contributed by atoms with Gasteiger partial charge in [0.05, 0.1) is 36.8 Å². The largest absolute Gasteiger partial charge is 0.497 e. The van der Waals surface area contributed by atoms with Crippen LogP contribution < -0.4 is 10.1 Å². The number of nitrogens with zero attached hydrogens (tertiary/aromatic N) is 1. The fraction of sp³-hybridized carbons (Fsp3) is 0.381. The third-order valence-corrected chi connectivity index (χ3v) is 6.92. The topological polar surface area (TPSA) is 84.9 Å². The lowest BCUT2D eigenvalue weighted by molar-refractivity contribution is 0.0730. The van der Waals surface area contributed by atoms with E-state index in [9.17, 15) is 17.6 Å². The molecular weight excluding hydrogens is 411 g/mol. The van der Waals surface area contributed by atoms with Gasteiger partial charge in [-0.2, -0.15) is 4.31 Å². The Morgan fingerprint density at radius 1 is 1.20 bits per heavy atom. The van der Waals surface area contributed by atoms with Gasteiger partial charge in [-0.25, -0.2) is 12.8 Å². The number of hydrogen-bond acceptors (Lipinski definition) is 5. The number of methoxy groups -OCH3 is 1. The van der Waals surface area contributed by atoms with Crippen LogP contribution in [0.2, 0.25) is 0 Å². The Hall–Kier alpha value is -2.49. The van der Waals surface area contributed by atoms with Crippen molar-refractivity contribution in [1.29, 1.82) is 0 Å². The third kappa shape index (κ3) is 4.80. The summed E-state index contributed by atoms with van der Waals surface area (Å²) in [5, 5.41) is 2.79.